The number of likely N-dealkylation sites (tertiary alicyclic amines) is 1. The third kappa shape index (κ3) is 3.36. The number of carboxylic acids is 1. The quantitative estimate of drug-likeness (QED) is 0.816. The van der Waals surface area contributed by atoms with Gasteiger partial charge in [0.1, 0.15) is 0 Å². The van der Waals surface area contributed by atoms with Crippen LogP contribution in [0.15, 0.2) is 36.4 Å². The summed E-state index contributed by atoms with van der Waals surface area (Å²) in [4.78, 5) is 38.8. The van der Waals surface area contributed by atoms with E-state index in [-0.39, 0.29) is 23.7 Å². The number of aliphatic carboxylic acids is 1. The third-order valence-electron chi connectivity index (χ3n) is 6.05. The van der Waals surface area contributed by atoms with Crippen LogP contribution in [0.1, 0.15) is 36.0 Å². The maximum absolute atomic E-state index is 12.8. The van der Waals surface area contributed by atoms with Crippen LogP contribution in [0, 0.1) is 23.7 Å². The molecule has 2 bridgehead atoms. The van der Waals surface area contributed by atoms with Crippen molar-refractivity contribution >= 4 is 23.5 Å². The van der Waals surface area contributed by atoms with Gasteiger partial charge in [0, 0.05) is 36.2 Å². The van der Waals surface area contributed by atoms with Gasteiger partial charge in [-0.25, -0.2) is 0 Å². The van der Waals surface area contributed by atoms with Crippen LogP contribution < -0.4 is 10.4 Å². The van der Waals surface area contributed by atoms with Gasteiger partial charge in [-0.2, -0.15) is 0 Å². The molecule has 1 N–H and O–H groups in total. The van der Waals surface area contributed by atoms with E-state index in [1.165, 1.54) is 0 Å². The van der Waals surface area contributed by atoms with Crippen molar-refractivity contribution in [3.05, 3.63) is 42.0 Å². The average Bonchev–Trinajstić information content (AvgIpc) is 3.30. The van der Waals surface area contributed by atoms with E-state index in [1.54, 1.807) is 24.3 Å². The molecule has 1 aromatic carbocycles. The zero-order valence-corrected chi connectivity index (χ0v) is 15.1. The second-order valence-electron chi connectivity index (χ2n) is 7.74. The number of anilines is 1. The highest BCUT2D eigenvalue weighted by Gasteiger charge is 2.48. The Morgan fingerprint density at radius 3 is 2.41 bits per heavy atom. The van der Waals surface area contributed by atoms with Crippen molar-refractivity contribution in [3.8, 4) is 0 Å². The Bertz CT molecular complexity index is 797. The molecule has 6 heteroatoms. The molecule has 4 rings (SSSR count). The number of allylic oxidation sites excluding steroid dienone is 2. The number of hydrogen-bond donors (Lipinski definition) is 1. The number of carboxylic acid groups (broad SMARTS) is 1. The van der Waals surface area contributed by atoms with Crippen LogP contribution in [0.5, 0.6) is 0 Å². The van der Waals surface area contributed by atoms with Gasteiger partial charge < -0.3 is 20.1 Å². The second kappa shape index (κ2) is 7.18. The van der Waals surface area contributed by atoms with Gasteiger partial charge in [0.25, 0.3) is 5.91 Å². The average molecular weight is 367 g/mol. The molecule has 1 saturated heterocycles. The fourth-order valence-electron chi connectivity index (χ4n) is 4.74. The lowest BCUT2D eigenvalue weighted by atomic mass is 9.82. The minimum Gasteiger partial charge on any atom is -0.550 e. The lowest BCUT2D eigenvalue weighted by molar-refractivity contribution is -0.313. The molecular formula is C21H23N2O4-. The maximum Gasteiger partial charge on any atom is 0.253 e. The van der Waals surface area contributed by atoms with E-state index in [9.17, 15) is 19.5 Å². The third-order valence-corrected chi connectivity index (χ3v) is 6.05. The molecule has 6 nitrogen and oxygen atoms in total. The summed E-state index contributed by atoms with van der Waals surface area (Å²) in [6, 6.07) is 6.88. The van der Waals surface area contributed by atoms with Gasteiger partial charge in [-0.05, 0) is 55.7 Å². The number of fused-ring (bicyclic) bond motifs is 2. The van der Waals surface area contributed by atoms with Crippen molar-refractivity contribution in [1.29, 1.82) is 0 Å². The van der Waals surface area contributed by atoms with Crippen LogP contribution in [0.2, 0.25) is 0 Å². The first-order valence-electron chi connectivity index (χ1n) is 9.64. The van der Waals surface area contributed by atoms with Crippen molar-refractivity contribution in [2.24, 2.45) is 23.7 Å². The van der Waals surface area contributed by atoms with Crippen molar-refractivity contribution in [1.82, 2.24) is 4.90 Å². The summed E-state index contributed by atoms with van der Waals surface area (Å²) in [6.07, 6.45) is 7.69. The zero-order chi connectivity index (χ0) is 19.0. The van der Waals surface area contributed by atoms with E-state index in [1.807, 2.05) is 17.1 Å². The summed E-state index contributed by atoms with van der Waals surface area (Å²) < 4.78 is 0. The highest BCUT2D eigenvalue weighted by atomic mass is 16.4. The highest BCUT2D eigenvalue weighted by Crippen LogP contribution is 2.48. The molecule has 0 spiro atoms. The summed E-state index contributed by atoms with van der Waals surface area (Å²) in [5.41, 5.74) is 1.06. The predicted octanol–water partition coefficient (Wildman–Crippen LogP) is 1.44. The lowest BCUT2D eigenvalue weighted by Gasteiger charge is -2.28. The Morgan fingerprint density at radius 1 is 1.00 bits per heavy atom. The van der Waals surface area contributed by atoms with Crippen molar-refractivity contribution in [2.45, 2.75) is 25.7 Å². The summed E-state index contributed by atoms with van der Waals surface area (Å²) in [5, 5.41) is 14.3. The molecule has 27 heavy (non-hydrogen) atoms. The molecule has 3 aliphatic rings. The first-order valence-corrected chi connectivity index (χ1v) is 9.64. The Balaban J connectivity index is 1.48. The minimum absolute atomic E-state index is 0.0266. The van der Waals surface area contributed by atoms with Gasteiger partial charge in [-0.1, -0.05) is 18.2 Å². The van der Waals surface area contributed by atoms with Gasteiger partial charge in [0.2, 0.25) is 5.91 Å². The Morgan fingerprint density at radius 2 is 1.70 bits per heavy atom. The Hall–Kier alpha value is -2.63. The number of rotatable bonds is 4. The summed E-state index contributed by atoms with van der Waals surface area (Å²) in [5.74, 6) is -3.09. The molecular weight excluding hydrogens is 344 g/mol. The molecule has 2 amide bonds. The SMILES string of the molecule is O=C([O-])[C@H]1[C@H](C(=O)Nc2cccc(C(=O)N3CCCCC3)c2)[C@H]2C=C[C@@H]1C2. The van der Waals surface area contributed by atoms with Gasteiger partial charge in [0.15, 0.2) is 0 Å². The molecule has 1 heterocycles. The highest BCUT2D eigenvalue weighted by molar-refractivity contribution is 5.99. The van der Waals surface area contributed by atoms with E-state index in [0.29, 0.717) is 17.7 Å². The first kappa shape index (κ1) is 17.8. The summed E-state index contributed by atoms with van der Waals surface area (Å²) in [7, 11) is 0. The van der Waals surface area contributed by atoms with Crippen molar-refractivity contribution in [2.75, 3.05) is 18.4 Å². The number of nitrogens with zero attached hydrogens (tertiary/aromatic N) is 1. The number of carbonyl (C=O) groups is 3. The maximum atomic E-state index is 12.8. The smallest absolute Gasteiger partial charge is 0.253 e. The van der Waals surface area contributed by atoms with Crippen LogP contribution in [0.4, 0.5) is 5.69 Å². The molecule has 0 aromatic heterocycles. The normalized spacial score (nSPS) is 29.0. The van der Waals surface area contributed by atoms with Gasteiger partial charge in [0.05, 0.1) is 5.92 Å². The molecule has 4 atom stereocenters. The number of carbonyl (C=O) groups excluding carboxylic acids is 3. The largest absolute Gasteiger partial charge is 0.550 e. The van der Waals surface area contributed by atoms with Crippen LogP contribution in [-0.4, -0.2) is 35.8 Å². The van der Waals surface area contributed by atoms with E-state index in [2.05, 4.69) is 5.32 Å². The molecule has 0 radical (unpaired) electrons. The fraction of sp³-hybridized carbons (Fsp3) is 0.476. The number of amides is 2. The number of hydrogen-bond acceptors (Lipinski definition) is 4. The van der Waals surface area contributed by atoms with Crippen LogP contribution in [0.3, 0.4) is 0 Å². The fourth-order valence-corrected chi connectivity index (χ4v) is 4.74. The summed E-state index contributed by atoms with van der Waals surface area (Å²) >= 11 is 0. The topological polar surface area (TPSA) is 89.5 Å². The first-order chi connectivity index (χ1) is 13.0. The van der Waals surface area contributed by atoms with E-state index in [4.69, 9.17) is 0 Å². The van der Waals surface area contributed by atoms with Crippen molar-refractivity contribution in [3.63, 3.8) is 0 Å². The second-order valence-corrected chi connectivity index (χ2v) is 7.74. The van der Waals surface area contributed by atoms with Crippen LogP contribution >= 0.6 is 0 Å². The monoisotopic (exact) mass is 367 g/mol. The van der Waals surface area contributed by atoms with E-state index >= 15 is 0 Å². The Kier molecular flexibility index (Phi) is 4.72. The molecule has 1 aromatic rings. The van der Waals surface area contributed by atoms with Crippen LogP contribution in [-0.2, 0) is 9.59 Å². The van der Waals surface area contributed by atoms with Gasteiger partial charge in [-0.15, -0.1) is 0 Å². The van der Waals surface area contributed by atoms with Crippen molar-refractivity contribution < 1.29 is 19.5 Å². The van der Waals surface area contributed by atoms with E-state index in [0.717, 1.165) is 32.4 Å². The predicted molar refractivity (Wildman–Crippen MR) is 97.6 cm³/mol. The minimum atomic E-state index is -1.17. The molecule has 142 valence electrons. The molecule has 0 unspecified atom stereocenters. The standard InChI is InChI=1S/C21H24N2O4/c24-19(17-13-7-8-14(11-13)18(17)21(26)27)22-16-6-4-5-15(12-16)20(25)23-9-2-1-3-10-23/h4-8,12-14,17-18H,1-3,9-11H2,(H,22,24)(H,26,27)/p-1/t13-,14+,17+,18+/m0/s1. The Labute approximate surface area is 158 Å². The summed E-state index contributed by atoms with van der Waals surface area (Å²) in [6.45, 7) is 1.53. The molecule has 1 saturated carbocycles. The van der Waals surface area contributed by atoms with Gasteiger partial charge >= 0.3 is 0 Å². The number of nitrogens with one attached hydrogen (secondary N) is 1. The molecule has 2 aliphatic carbocycles. The molecule has 1 aliphatic heterocycles. The molecule has 2 fully saturated rings. The lowest BCUT2D eigenvalue weighted by Crippen LogP contribution is -2.42. The number of piperidine rings is 1. The number of benzene rings is 1. The van der Waals surface area contributed by atoms with Gasteiger partial charge in [-0.3, -0.25) is 9.59 Å². The van der Waals surface area contributed by atoms with E-state index < -0.39 is 17.8 Å². The zero-order valence-electron chi connectivity index (χ0n) is 15.1. The van der Waals surface area contributed by atoms with Crippen LogP contribution in [0.25, 0.3) is 0 Å².